The van der Waals surface area contributed by atoms with Crippen LogP contribution in [0.5, 0.6) is 0 Å². The molecule has 1 aromatic carbocycles. The monoisotopic (exact) mass is 310 g/mol. The van der Waals surface area contributed by atoms with Gasteiger partial charge in [-0.3, -0.25) is 9.59 Å². The van der Waals surface area contributed by atoms with Gasteiger partial charge in [-0.2, -0.15) is 5.26 Å². The average molecular weight is 311 g/mol. The van der Waals surface area contributed by atoms with E-state index >= 15 is 0 Å². The standard InChI is InChI=1S/C12H8BrFN2O2/c13-8-5-7-10(6-9(8)14)16(4-2-1-3-15)12(18)11(7)17/h5-6H,1-2,4H2. The van der Waals surface area contributed by atoms with Crippen molar-refractivity contribution in [3.8, 4) is 6.07 Å². The molecule has 1 aliphatic rings. The first-order valence-corrected chi connectivity index (χ1v) is 6.07. The van der Waals surface area contributed by atoms with Gasteiger partial charge in [0.15, 0.2) is 0 Å². The van der Waals surface area contributed by atoms with Crippen LogP contribution in [0.2, 0.25) is 0 Å². The zero-order chi connectivity index (χ0) is 13.3. The van der Waals surface area contributed by atoms with Gasteiger partial charge in [-0.05, 0) is 34.5 Å². The zero-order valence-electron chi connectivity index (χ0n) is 9.24. The average Bonchev–Trinajstić information content (AvgIpc) is 2.56. The molecular weight excluding hydrogens is 303 g/mol. The summed E-state index contributed by atoms with van der Waals surface area (Å²) in [6.07, 6.45) is 0.735. The highest BCUT2D eigenvalue weighted by atomic mass is 79.9. The number of hydrogen-bond acceptors (Lipinski definition) is 3. The Morgan fingerprint density at radius 1 is 1.39 bits per heavy atom. The molecule has 6 heteroatoms. The molecule has 1 heterocycles. The molecule has 0 bridgehead atoms. The van der Waals surface area contributed by atoms with Crippen LogP contribution >= 0.6 is 15.9 Å². The number of Topliss-reactive ketones (excluding diaryl/α,β-unsaturated/α-hetero) is 1. The SMILES string of the molecule is N#CCCCN1C(=O)C(=O)c2cc(Br)c(F)cc21. The molecule has 0 fully saturated rings. The van der Waals surface area contributed by atoms with Crippen molar-refractivity contribution in [1.82, 2.24) is 0 Å². The molecule has 0 unspecified atom stereocenters. The van der Waals surface area contributed by atoms with E-state index in [1.54, 1.807) is 0 Å². The molecule has 0 saturated carbocycles. The fraction of sp³-hybridized carbons (Fsp3) is 0.250. The van der Waals surface area contributed by atoms with E-state index < -0.39 is 17.5 Å². The van der Waals surface area contributed by atoms with E-state index in [4.69, 9.17) is 5.26 Å². The Morgan fingerprint density at radius 3 is 2.78 bits per heavy atom. The predicted molar refractivity (Wildman–Crippen MR) is 65.6 cm³/mol. The van der Waals surface area contributed by atoms with Crippen molar-refractivity contribution >= 4 is 33.3 Å². The third-order valence-corrected chi connectivity index (χ3v) is 3.29. The molecule has 2 rings (SSSR count). The van der Waals surface area contributed by atoms with E-state index in [0.29, 0.717) is 6.42 Å². The van der Waals surface area contributed by atoms with Crippen molar-refractivity contribution in [2.75, 3.05) is 11.4 Å². The quantitative estimate of drug-likeness (QED) is 0.636. The lowest BCUT2D eigenvalue weighted by atomic mass is 10.1. The van der Waals surface area contributed by atoms with Gasteiger partial charge in [0.05, 0.1) is 21.8 Å². The Hall–Kier alpha value is -1.74. The van der Waals surface area contributed by atoms with Crippen LogP contribution in [0.25, 0.3) is 0 Å². The Morgan fingerprint density at radius 2 is 2.11 bits per heavy atom. The Kier molecular flexibility index (Phi) is 3.43. The van der Waals surface area contributed by atoms with Gasteiger partial charge in [0.2, 0.25) is 0 Å². The molecule has 0 atom stereocenters. The van der Waals surface area contributed by atoms with Gasteiger partial charge in [0.1, 0.15) is 5.82 Å². The molecular formula is C12H8BrFN2O2. The summed E-state index contributed by atoms with van der Waals surface area (Å²) >= 11 is 2.98. The highest BCUT2D eigenvalue weighted by Crippen LogP contribution is 2.33. The summed E-state index contributed by atoms with van der Waals surface area (Å²) in [4.78, 5) is 24.7. The number of rotatable bonds is 3. The smallest absolute Gasteiger partial charge is 0.299 e. The highest BCUT2D eigenvalue weighted by molar-refractivity contribution is 9.10. The number of nitrogens with zero attached hydrogens (tertiary/aromatic N) is 2. The molecule has 0 saturated heterocycles. The number of hydrogen-bond donors (Lipinski definition) is 0. The van der Waals surface area contributed by atoms with Gasteiger partial charge < -0.3 is 4.90 Å². The molecule has 18 heavy (non-hydrogen) atoms. The topological polar surface area (TPSA) is 61.2 Å². The number of anilines is 1. The maximum absolute atomic E-state index is 13.4. The molecule has 4 nitrogen and oxygen atoms in total. The fourth-order valence-corrected chi connectivity index (χ4v) is 2.17. The maximum Gasteiger partial charge on any atom is 0.299 e. The maximum atomic E-state index is 13.4. The number of unbranched alkanes of at least 4 members (excludes halogenated alkanes) is 1. The molecule has 0 N–H and O–H groups in total. The number of fused-ring (bicyclic) bond motifs is 1. The largest absolute Gasteiger partial charge is 0.305 e. The lowest BCUT2D eigenvalue weighted by molar-refractivity contribution is -0.114. The second-order valence-electron chi connectivity index (χ2n) is 3.83. The first kappa shape index (κ1) is 12.7. The summed E-state index contributed by atoms with van der Waals surface area (Å²) in [7, 11) is 0. The number of carbonyl (C=O) groups is 2. The van der Waals surface area contributed by atoms with Crippen molar-refractivity contribution in [3.05, 3.63) is 28.0 Å². The number of ketones is 1. The fourth-order valence-electron chi connectivity index (χ4n) is 1.83. The van der Waals surface area contributed by atoms with Gasteiger partial charge >= 0.3 is 0 Å². The number of nitriles is 1. The number of halogens is 2. The van der Waals surface area contributed by atoms with E-state index in [2.05, 4.69) is 15.9 Å². The number of benzene rings is 1. The number of carbonyl (C=O) groups excluding carboxylic acids is 2. The van der Waals surface area contributed by atoms with Crippen LogP contribution in [0, 0.1) is 17.1 Å². The highest BCUT2D eigenvalue weighted by Gasteiger charge is 2.36. The van der Waals surface area contributed by atoms with Crippen LogP contribution < -0.4 is 4.90 Å². The third-order valence-electron chi connectivity index (χ3n) is 2.68. The molecule has 92 valence electrons. The molecule has 1 amide bonds. The van der Waals surface area contributed by atoms with Gasteiger partial charge in [0, 0.05) is 13.0 Å². The second-order valence-corrected chi connectivity index (χ2v) is 4.69. The van der Waals surface area contributed by atoms with Crippen molar-refractivity contribution < 1.29 is 14.0 Å². The summed E-state index contributed by atoms with van der Waals surface area (Å²) in [5.74, 6) is -1.83. The molecule has 1 aromatic rings. The first-order valence-electron chi connectivity index (χ1n) is 5.28. The molecule has 0 radical (unpaired) electrons. The van der Waals surface area contributed by atoms with Gasteiger partial charge in [-0.25, -0.2) is 4.39 Å². The van der Waals surface area contributed by atoms with Crippen molar-refractivity contribution in [2.24, 2.45) is 0 Å². The molecule has 1 aliphatic heterocycles. The predicted octanol–water partition coefficient (Wildman–Crippen LogP) is 2.42. The summed E-state index contributed by atoms with van der Waals surface area (Å²) in [5, 5.41) is 8.45. The number of amides is 1. The zero-order valence-corrected chi connectivity index (χ0v) is 10.8. The minimum atomic E-state index is -0.666. The minimum Gasteiger partial charge on any atom is -0.305 e. The summed E-state index contributed by atoms with van der Waals surface area (Å²) in [6.45, 7) is 0.242. The van der Waals surface area contributed by atoms with Crippen LogP contribution in [0.15, 0.2) is 16.6 Å². The lowest BCUT2D eigenvalue weighted by Crippen LogP contribution is -2.30. The summed E-state index contributed by atoms with van der Waals surface area (Å²) < 4.78 is 13.6. The Balaban J connectivity index is 2.36. The summed E-state index contributed by atoms with van der Waals surface area (Å²) in [5.41, 5.74) is 0.480. The van der Waals surface area contributed by atoms with Crippen molar-refractivity contribution in [3.63, 3.8) is 0 Å². The minimum absolute atomic E-state index is 0.154. The normalized spacial score (nSPS) is 13.7. The Labute approximate surface area is 111 Å². The molecule has 0 spiro atoms. The molecule has 0 aliphatic carbocycles. The lowest BCUT2D eigenvalue weighted by Gasteiger charge is -2.15. The Bertz CT molecular complexity index is 580. The van der Waals surface area contributed by atoms with E-state index in [9.17, 15) is 14.0 Å². The van der Waals surface area contributed by atoms with Crippen molar-refractivity contribution in [2.45, 2.75) is 12.8 Å². The van der Waals surface area contributed by atoms with Crippen LogP contribution in [0.3, 0.4) is 0 Å². The van der Waals surface area contributed by atoms with E-state index in [-0.39, 0.29) is 28.7 Å². The van der Waals surface area contributed by atoms with Crippen LogP contribution in [-0.2, 0) is 4.79 Å². The first-order chi connectivity index (χ1) is 8.56. The second kappa shape index (κ2) is 4.86. The van der Waals surface area contributed by atoms with Gasteiger partial charge in [-0.1, -0.05) is 0 Å². The summed E-state index contributed by atoms with van der Waals surface area (Å²) in [6, 6.07) is 4.43. The van der Waals surface area contributed by atoms with E-state index in [0.717, 1.165) is 6.07 Å². The van der Waals surface area contributed by atoms with Crippen LogP contribution in [0.4, 0.5) is 10.1 Å². The van der Waals surface area contributed by atoms with Crippen LogP contribution in [-0.4, -0.2) is 18.2 Å². The van der Waals surface area contributed by atoms with Crippen LogP contribution in [0.1, 0.15) is 23.2 Å². The van der Waals surface area contributed by atoms with Crippen molar-refractivity contribution in [1.29, 1.82) is 5.26 Å². The van der Waals surface area contributed by atoms with Gasteiger partial charge in [0.25, 0.3) is 11.7 Å². The third kappa shape index (κ3) is 2.02. The van der Waals surface area contributed by atoms with Gasteiger partial charge in [-0.15, -0.1) is 0 Å². The molecule has 0 aromatic heterocycles. The van der Waals surface area contributed by atoms with E-state index in [1.807, 2.05) is 6.07 Å². The van der Waals surface area contributed by atoms with E-state index in [1.165, 1.54) is 11.0 Å².